The van der Waals surface area contributed by atoms with Gasteiger partial charge in [-0.3, -0.25) is 0 Å². The Morgan fingerprint density at radius 3 is 2.05 bits per heavy atom. The van der Waals surface area contributed by atoms with Gasteiger partial charge >= 0.3 is 5.97 Å². The number of aliphatic hydroxyl groups is 1. The van der Waals surface area contributed by atoms with Crippen molar-refractivity contribution in [2.45, 2.75) is 66.1 Å². The summed E-state index contributed by atoms with van der Waals surface area (Å²) in [6.45, 7) is 11.4. The molecule has 0 aliphatic rings. The van der Waals surface area contributed by atoms with Gasteiger partial charge in [0.05, 0.1) is 21.3 Å². The van der Waals surface area contributed by atoms with E-state index >= 15 is 17.6 Å². The minimum absolute atomic E-state index is 0. The number of esters is 1. The van der Waals surface area contributed by atoms with Gasteiger partial charge in [-0.05, 0) is 42.6 Å². The fourth-order valence-electron chi connectivity index (χ4n) is 4.85. The van der Waals surface area contributed by atoms with E-state index < -0.39 is 37.3 Å². The molecule has 3 aromatic carbocycles. The topological polar surface area (TPSA) is 55.8 Å². The molecule has 0 saturated heterocycles. The summed E-state index contributed by atoms with van der Waals surface area (Å²) in [5, 5.41) is 9.85. The number of aliphatic hydroxyl groups excluding tert-OH is 1. The van der Waals surface area contributed by atoms with Gasteiger partial charge in [-0.25, -0.2) is 22.4 Å². The molecule has 0 radical (unpaired) electrons. The molecule has 0 aliphatic heterocycles. The Morgan fingerprint density at radius 2 is 1.45 bits per heavy atom. The van der Waals surface area contributed by atoms with Gasteiger partial charge in [0.2, 0.25) is 0 Å². The molecule has 1 N–H and O–H groups in total. The van der Waals surface area contributed by atoms with Crippen LogP contribution in [0, 0.1) is 29.2 Å². The average molecular weight is 633 g/mol. The molecule has 0 aromatic heterocycles. The van der Waals surface area contributed by atoms with Crippen LogP contribution >= 0.6 is 0 Å². The number of hydrogen-bond donors (Lipinski definition) is 1. The van der Waals surface area contributed by atoms with Crippen LogP contribution in [0.1, 0.15) is 47.0 Å². The van der Waals surface area contributed by atoms with Crippen LogP contribution in [0.5, 0.6) is 5.75 Å². The molecule has 1 unspecified atom stereocenters. The maximum Gasteiger partial charge on any atom is 0.333 e. The first-order chi connectivity index (χ1) is 20.4. The average Bonchev–Trinajstić information content (AvgIpc) is 2.98. The van der Waals surface area contributed by atoms with E-state index in [9.17, 15) is 9.90 Å². The number of carbonyl (C=O) groups is 1. The van der Waals surface area contributed by atoms with Crippen LogP contribution < -0.4 is 9.92 Å². The highest BCUT2D eigenvalue weighted by Crippen LogP contribution is 2.34. The standard InChI is InChI=1S/C34H40F4O4Si.CH4/c1-6-7-19-43(4,5)29-17-16-28(32(37)33(29)38)27-15-14-26(30(35)31(27)36)24-10-12-25(13-11-24)41-18-8-9-23(20-39)21-42-34(40)22(2)3;/h10-17,23,39H,2,6-9,18-21H2,1,3-5H3;1H4. The second-order valence-corrected chi connectivity index (χ2v) is 16.3. The third-order valence-corrected chi connectivity index (χ3v) is 11.0. The number of carbonyl (C=O) groups excluding carboxylic acids is 1. The smallest absolute Gasteiger partial charge is 0.333 e. The number of ether oxygens (including phenoxy) is 2. The predicted molar refractivity (Wildman–Crippen MR) is 172 cm³/mol. The number of hydrogen-bond acceptors (Lipinski definition) is 4. The fourth-order valence-corrected chi connectivity index (χ4v) is 7.60. The maximum atomic E-state index is 15.2. The Kier molecular flexibility index (Phi) is 13.9. The molecular weight excluding hydrogens is 588 g/mol. The molecular formula is C35H44F4O4Si. The van der Waals surface area contributed by atoms with Gasteiger partial charge < -0.3 is 14.6 Å². The highest BCUT2D eigenvalue weighted by atomic mass is 28.3. The molecule has 44 heavy (non-hydrogen) atoms. The molecule has 0 amide bonds. The second-order valence-electron chi connectivity index (χ2n) is 11.5. The van der Waals surface area contributed by atoms with Gasteiger partial charge in [0.15, 0.2) is 23.3 Å². The van der Waals surface area contributed by atoms with Crippen molar-refractivity contribution in [2.75, 3.05) is 19.8 Å². The van der Waals surface area contributed by atoms with E-state index in [1.807, 2.05) is 20.0 Å². The normalized spacial score (nSPS) is 11.9. The van der Waals surface area contributed by atoms with Crippen molar-refractivity contribution >= 4 is 19.2 Å². The minimum atomic E-state index is -2.23. The Balaban J connectivity index is 0.00000675. The predicted octanol–water partition coefficient (Wildman–Crippen LogP) is 8.82. The summed E-state index contributed by atoms with van der Waals surface area (Å²) in [7, 11) is -2.23. The molecule has 1 atom stereocenters. The van der Waals surface area contributed by atoms with Gasteiger partial charge in [0.1, 0.15) is 5.75 Å². The zero-order chi connectivity index (χ0) is 31.7. The summed E-state index contributed by atoms with van der Waals surface area (Å²) in [4.78, 5) is 11.5. The van der Waals surface area contributed by atoms with Crippen molar-refractivity contribution in [2.24, 2.45) is 5.92 Å². The van der Waals surface area contributed by atoms with Crippen LogP contribution in [0.3, 0.4) is 0 Å². The van der Waals surface area contributed by atoms with E-state index in [-0.39, 0.29) is 43.2 Å². The van der Waals surface area contributed by atoms with E-state index in [0.717, 1.165) is 18.9 Å². The highest BCUT2D eigenvalue weighted by molar-refractivity contribution is 6.89. The summed E-state index contributed by atoms with van der Waals surface area (Å²) in [6.07, 6.45) is 3.03. The van der Waals surface area contributed by atoms with E-state index in [2.05, 4.69) is 6.58 Å². The molecule has 3 aromatic rings. The Hall–Kier alpha value is -3.43. The quantitative estimate of drug-likeness (QED) is 0.0598. The lowest BCUT2D eigenvalue weighted by Crippen LogP contribution is -2.43. The van der Waals surface area contributed by atoms with E-state index in [1.165, 1.54) is 24.3 Å². The number of unbranched alkanes of at least 4 members (excludes halogenated alkanes) is 1. The van der Waals surface area contributed by atoms with Crippen LogP contribution in [0.2, 0.25) is 19.1 Å². The van der Waals surface area contributed by atoms with E-state index in [1.54, 1.807) is 31.2 Å². The van der Waals surface area contributed by atoms with Crippen molar-refractivity contribution in [3.05, 3.63) is 84.0 Å². The van der Waals surface area contributed by atoms with Gasteiger partial charge in [-0.15, -0.1) is 0 Å². The first-order valence-corrected chi connectivity index (χ1v) is 17.8. The van der Waals surface area contributed by atoms with Crippen LogP contribution in [0.4, 0.5) is 17.6 Å². The largest absolute Gasteiger partial charge is 0.494 e. The lowest BCUT2D eigenvalue weighted by Gasteiger charge is -2.24. The zero-order valence-corrected chi connectivity index (χ0v) is 26.2. The van der Waals surface area contributed by atoms with Crippen molar-refractivity contribution in [1.29, 1.82) is 0 Å². The van der Waals surface area contributed by atoms with Crippen LogP contribution in [0.25, 0.3) is 22.3 Å². The molecule has 0 aliphatic carbocycles. The Bertz CT molecular complexity index is 1420. The van der Waals surface area contributed by atoms with Crippen molar-refractivity contribution in [1.82, 2.24) is 0 Å². The summed E-state index contributed by atoms with van der Waals surface area (Å²) in [5.41, 5.74) is 0.00659. The van der Waals surface area contributed by atoms with E-state index in [0.29, 0.717) is 41.5 Å². The Labute approximate surface area is 259 Å². The number of rotatable bonds is 15. The fraction of sp³-hybridized carbons (Fsp3) is 0.400. The summed E-state index contributed by atoms with van der Waals surface area (Å²) >= 11 is 0. The molecule has 0 fully saturated rings. The lowest BCUT2D eigenvalue weighted by atomic mass is 9.98. The van der Waals surface area contributed by atoms with Crippen molar-refractivity contribution in [3.63, 3.8) is 0 Å². The molecule has 0 spiro atoms. The number of halogens is 4. The molecule has 9 heteroatoms. The summed E-state index contributed by atoms with van der Waals surface area (Å²) < 4.78 is 71.6. The SMILES string of the molecule is C.C=C(C)C(=O)OCC(CO)CCCOc1ccc(-c2ccc(-c3ccc([Si](C)(C)CCCC)c(F)c3F)c(F)c2F)cc1. The lowest BCUT2D eigenvalue weighted by molar-refractivity contribution is -0.140. The summed E-state index contributed by atoms with van der Waals surface area (Å²) in [5.74, 6) is -4.77. The zero-order valence-electron chi connectivity index (χ0n) is 25.2. The Morgan fingerprint density at radius 1 is 0.886 bits per heavy atom. The molecule has 3 rings (SSSR count). The van der Waals surface area contributed by atoms with Crippen LogP contribution in [-0.2, 0) is 9.53 Å². The first kappa shape index (κ1) is 36.8. The highest BCUT2D eigenvalue weighted by Gasteiger charge is 2.30. The van der Waals surface area contributed by atoms with E-state index in [4.69, 9.17) is 9.47 Å². The third-order valence-electron chi connectivity index (χ3n) is 7.59. The van der Waals surface area contributed by atoms with Gasteiger partial charge in [0, 0.05) is 34.8 Å². The van der Waals surface area contributed by atoms with Gasteiger partial charge in [-0.1, -0.05) is 89.3 Å². The molecule has 0 heterocycles. The maximum absolute atomic E-state index is 15.2. The van der Waals surface area contributed by atoms with Crippen LogP contribution in [0.15, 0.2) is 60.7 Å². The summed E-state index contributed by atoms with van der Waals surface area (Å²) in [6, 6.07) is 12.7. The molecule has 4 nitrogen and oxygen atoms in total. The van der Waals surface area contributed by atoms with Gasteiger partial charge in [-0.2, -0.15) is 0 Å². The van der Waals surface area contributed by atoms with Gasteiger partial charge in [0.25, 0.3) is 0 Å². The molecule has 0 saturated carbocycles. The van der Waals surface area contributed by atoms with Crippen LogP contribution in [-0.4, -0.2) is 39.0 Å². The number of benzene rings is 3. The first-order valence-electron chi connectivity index (χ1n) is 14.5. The second kappa shape index (κ2) is 16.6. The minimum Gasteiger partial charge on any atom is -0.494 e. The molecule has 0 bridgehead atoms. The van der Waals surface area contributed by atoms with Crippen molar-refractivity contribution < 1.29 is 36.9 Å². The van der Waals surface area contributed by atoms with Crippen molar-refractivity contribution in [3.8, 4) is 28.0 Å². The monoisotopic (exact) mass is 632 g/mol. The third kappa shape index (κ3) is 9.05. The molecule has 240 valence electrons.